The third kappa shape index (κ3) is 4.41. The van der Waals surface area contributed by atoms with Gasteiger partial charge in [-0.05, 0) is 5.56 Å². The fraction of sp³-hybridized carbons (Fsp3) is 0.412. The zero-order valence-corrected chi connectivity index (χ0v) is 15.3. The summed E-state index contributed by atoms with van der Waals surface area (Å²) in [6.45, 7) is 2.89. The van der Waals surface area contributed by atoms with E-state index in [1.807, 2.05) is 30.3 Å². The highest BCUT2D eigenvalue weighted by Gasteiger charge is 2.55. The Kier molecular flexibility index (Phi) is 7.55. The molecule has 0 unspecified atom stereocenters. The quantitative estimate of drug-likeness (QED) is 0.688. The van der Waals surface area contributed by atoms with Gasteiger partial charge in [-0.25, -0.2) is 0 Å². The number of amides is 1. The third-order valence-corrected chi connectivity index (χ3v) is 6.08. The minimum atomic E-state index is -3.90. The first-order valence-corrected chi connectivity index (χ1v) is 9.14. The number of nitrogens with one attached hydrogen (secondary N) is 1. The van der Waals surface area contributed by atoms with Crippen molar-refractivity contribution in [2.75, 3.05) is 14.2 Å². The van der Waals surface area contributed by atoms with Gasteiger partial charge in [0, 0.05) is 34.0 Å². The van der Waals surface area contributed by atoms with Gasteiger partial charge in [-0.3, -0.25) is 14.2 Å². The van der Waals surface area contributed by atoms with Crippen molar-refractivity contribution in [2.24, 2.45) is 0 Å². The van der Waals surface area contributed by atoms with E-state index in [0.29, 0.717) is 0 Å². The Balaban J connectivity index is 3.29. The molecule has 0 aliphatic rings. The lowest BCUT2D eigenvalue weighted by Gasteiger charge is -2.36. The Hall–Kier alpha value is -1.75. The van der Waals surface area contributed by atoms with Gasteiger partial charge in [-0.15, -0.1) is 0 Å². The maximum Gasteiger partial charge on any atom is 0.363 e. The average Bonchev–Trinajstić information content (AvgIpc) is 2.59. The molecule has 24 heavy (non-hydrogen) atoms. The third-order valence-electron chi connectivity index (χ3n) is 3.64. The van der Waals surface area contributed by atoms with Crippen LogP contribution < -0.4 is 5.32 Å². The van der Waals surface area contributed by atoms with Crippen LogP contribution in [0.4, 0.5) is 0 Å². The number of benzene rings is 1. The Morgan fingerprint density at radius 1 is 1.21 bits per heavy atom. The molecule has 0 saturated heterocycles. The highest BCUT2D eigenvalue weighted by atomic mass is 31.2. The summed E-state index contributed by atoms with van der Waals surface area (Å²) in [4.78, 5) is 24.3. The minimum Gasteiger partial charge on any atom is -0.333 e. The maximum atomic E-state index is 13.0. The predicted molar refractivity (Wildman–Crippen MR) is 93.6 cm³/mol. The summed E-state index contributed by atoms with van der Waals surface area (Å²) < 4.78 is 23.1. The molecule has 1 rings (SSSR count). The molecule has 1 aromatic carbocycles. The van der Waals surface area contributed by atoms with Gasteiger partial charge in [0.25, 0.3) is 0 Å². The summed E-state index contributed by atoms with van der Waals surface area (Å²) in [7, 11) is -1.50. The number of ketones is 1. The van der Waals surface area contributed by atoms with Crippen molar-refractivity contribution < 1.29 is 23.2 Å². The van der Waals surface area contributed by atoms with Crippen LogP contribution in [0.25, 0.3) is 6.08 Å². The van der Waals surface area contributed by atoms with E-state index in [4.69, 9.17) is 9.05 Å². The first-order valence-electron chi connectivity index (χ1n) is 7.60. The maximum absolute atomic E-state index is 13.0. The molecule has 6 nitrogen and oxygen atoms in total. The molecular formula is C17H24NO5P. The Morgan fingerprint density at radius 2 is 1.79 bits per heavy atom. The molecule has 0 heterocycles. The van der Waals surface area contributed by atoms with Gasteiger partial charge in [-0.2, -0.15) is 0 Å². The fourth-order valence-electron chi connectivity index (χ4n) is 2.47. The van der Waals surface area contributed by atoms with Crippen LogP contribution in [0, 0.1) is 0 Å². The largest absolute Gasteiger partial charge is 0.363 e. The number of rotatable bonds is 9. The molecule has 1 N–H and O–H groups in total. The smallest absolute Gasteiger partial charge is 0.333 e. The van der Waals surface area contributed by atoms with Crippen LogP contribution in [-0.2, 0) is 23.2 Å². The standard InChI is InChI=1S/C17H24NO5P/c1-5-16(20)17(18-14(2)19,24(21,22-3)23-4)13-9-12-15-10-7-6-8-11-15/h6-12H,5,13H2,1-4H3,(H,18,19)/b12-9-/t17-/m0/s1. The molecule has 0 aliphatic carbocycles. The zero-order chi connectivity index (χ0) is 18.2. The molecule has 0 bridgehead atoms. The summed E-state index contributed by atoms with van der Waals surface area (Å²) in [5.41, 5.74) is 0.919. The molecule has 0 spiro atoms. The summed E-state index contributed by atoms with van der Waals surface area (Å²) >= 11 is 0. The fourth-order valence-corrected chi connectivity index (χ4v) is 4.33. The van der Waals surface area contributed by atoms with Gasteiger partial charge < -0.3 is 14.4 Å². The summed E-state index contributed by atoms with van der Waals surface area (Å²) in [6, 6.07) is 9.44. The van der Waals surface area contributed by atoms with Crippen LogP contribution in [0.3, 0.4) is 0 Å². The lowest BCUT2D eigenvalue weighted by atomic mass is 10.0. The van der Waals surface area contributed by atoms with Crippen LogP contribution in [0.2, 0.25) is 0 Å². The second kappa shape index (κ2) is 8.92. The molecular weight excluding hydrogens is 329 g/mol. The van der Waals surface area contributed by atoms with E-state index in [2.05, 4.69) is 5.32 Å². The van der Waals surface area contributed by atoms with Crippen molar-refractivity contribution in [3.63, 3.8) is 0 Å². The molecule has 0 radical (unpaired) electrons. The second-order valence-electron chi connectivity index (χ2n) is 5.20. The van der Waals surface area contributed by atoms with E-state index >= 15 is 0 Å². The van der Waals surface area contributed by atoms with Crippen LogP contribution in [0.1, 0.15) is 32.3 Å². The van der Waals surface area contributed by atoms with E-state index in [1.165, 1.54) is 21.1 Å². The van der Waals surface area contributed by atoms with Crippen molar-refractivity contribution in [1.29, 1.82) is 0 Å². The van der Waals surface area contributed by atoms with Gasteiger partial charge in [0.1, 0.15) is 0 Å². The average molecular weight is 353 g/mol. The lowest BCUT2D eigenvalue weighted by Crippen LogP contribution is -2.53. The number of carbonyl (C=O) groups is 2. The molecule has 1 aromatic rings. The predicted octanol–water partition coefficient (Wildman–Crippen LogP) is 3.39. The zero-order valence-electron chi connectivity index (χ0n) is 14.4. The molecule has 1 atom stereocenters. The minimum absolute atomic E-state index is 0.00684. The number of carbonyl (C=O) groups excluding carboxylic acids is 2. The molecule has 132 valence electrons. The summed E-state index contributed by atoms with van der Waals surface area (Å²) in [5, 5.41) is 0.772. The molecule has 0 fully saturated rings. The summed E-state index contributed by atoms with van der Waals surface area (Å²) in [6.07, 6.45) is 3.54. The van der Waals surface area contributed by atoms with Crippen molar-refractivity contribution in [1.82, 2.24) is 5.32 Å². The van der Waals surface area contributed by atoms with Crippen molar-refractivity contribution in [2.45, 2.75) is 32.0 Å². The Labute approximate surface area is 142 Å². The molecule has 0 aromatic heterocycles. The Bertz CT molecular complexity index is 636. The second-order valence-corrected chi connectivity index (χ2v) is 7.69. The monoisotopic (exact) mass is 353 g/mol. The van der Waals surface area contributed by atoms with E-state index in [1.54, 1.807) is 19.1 Å². The van der Waals surface area contributed by atoms with E-state index in [9.17, 15) is 14.2 Å². The summed E-state index contributed by atoms with van der Waals surface area (Å²) in [5.74, 6) is -0.901. The van der Waals surface area contributed by atoms with Crippen molar-refractivity contribution in [3.8, 4) is 0 Å². The molecule has 0 saturated carbocycles. The molecule has 7 heteroatoms. The van der Waals surface area contributed by atoms with Gasteiger partial charge >= 0.3 is 7.60 Å². The van der Waals surface area contributed by atoms with E-state index in [0.717, 1.165) is 5.56 Å². The van der Waals surface area contributed by atoms with Gasteiger partial charge in [0.05, 0.1) is 0 Å². The van der Waals surface area contributed by atoms with E-state index in [-0.39, 0.29) is 12.8 Å². The normalized spacial score (nSPS) is 14.3. The Morgan fingerprint density at radius 3 is 2.25 bits per heavy atom. The van der Waals surface area contributed by atoms with Crippen LogP contribution in [0.5, 0.6) is 0 Å². The van der Waals surface area contributed by atoms with Gasteiger partial charge in [-0.1, -0.05) is 49.4 Å². The van der Waals surface area contributed by atoms with Gasteiger partial charge in [0.15, 0.2) is 5.78 Å². The SMILES string of the molecule is CCC(=O)[C@@](C/C=C\c1ccccc1)(NC(C)=O)P(=O)(OC)OC. The van der Waals surface area contributed by atoms with Crippen molar-refractivity contribution >= 4 is 25.4 Å². The number of Topliss-reactive ketones (excluding diaryl/α,β-unsaturated/α-hetero) is 1. The first kappa shape index (κ1) is 20.3. The highest BCUT2D eigenvalue weighted by molar-refractivity contribution is 7.56. The van der Waals surface area contributed by atoms with E-state index < -0.39 is 24.6 Å². The lowest BCUT2D eigenvalue weighted by molar-refractivity contribution is -0.128. The first-order chi connectivity index (χ1) is 11.3. The number of hydrogen-bond acceptors (Lipinski definition) is 5. The van der Waals surface area contributed by atoms with Crippen molar-refractivity contribution in [3.05, 3.63) is 42.0 Å². The molecule has 0 aliphatic heterocycles. The molecule has 1 amide bonds. The van der Waals surface area contributed by atoms with Gasteiger partial charge in [0.2, 0.25) is 11.2 Å². The number of hydrogen-bond donors (Lipinski definition) is 1. The van der Waals surface area contributed by atoms with Crippen LogP contribution >= 0.6 is 7.60 Å². The van der Waals surface area contributed by atoms with Crippen LogP contribution in [0.15, 0.2) is 36.4 Å². The topological polar surface area (TPSA) is 81.7 Å². The highest BCUT2D eigenvalue weighted by Crippen LogP contribution is 2.60. The van der Waals surface area contributed by atoms with Crippen LogP contribution in [-0.4, -0.2) is 31.2 Å².